The molecular weight excluding hydrogens is 498 g/mol. The van der Waals surface area contributed by atoms with Crippen molar-refractivity contribution in [3.05, 3.63) is 57.9 Å². The SMILES string of the molecule is CCOC(=O)C[C@@]([Si])(N[S@@](=O)C(C)(C)C)c1cc(-c2c(C)cc(C)cc2C)cc(C(F)(F)F)c1F. The average molecular weight is 529 g/mol. The Labute approximate surface area is 209 Å². The summed E-state index contributed by atoms with van der Waals surface area (Å²) in [6, 6.07) is 5.67. The maximum absolute atomic E-state index is 15.6. The number of hydrogen-bond acceptors (Lipinski definition) is 3. The Morgan fingerprint density at radius 3 is 2.00 bits per heavy atom. The van der Waals surface area contributed by atoms with Gasteiger partial charge in [-0.3, -0.25) is 4.79 Å². The van der Waals surface area contributed by atoms with Crippen molar-refractivity contribution < 1.29 is 31.3 Å². The molecule has 3 radical (unpaired) electrons. The van der Waals surface area contributed by atoms with Crippen molar-refractivity contribution in [1.82, 2.24) is 4.72 Å². The van der Waals surface area contributed by atoms with Crippen molar-refractivity contribution in [3.8, 4) is 11.1 Å². The van der Waals surface area contributed by atoms with Gasteiger partial charge in [-0.15, -0.1) is 0 Å². The first-order valence-electron chi connectivity index (χ1n) is 11.0. The lowest BCUT2D eigenvalue weighted by molar-refractivity contribution is -0.144. The van der Waals surface area contributed by atoms with E-state index in [2.05, 4.69) is 15.0 Å². The van der Waals surface area contributed by atoms with E-state index in [0.29, 0.717) is 16.7 Å². The average Bonchev–Trinajstić information content (AvgIpc) is 2.66. The molecule has 0 saturated carbocycles. The molecule has 0 amide bonds. The molecule has 0 saturated heterocycles. The summed E-state index contributed by atoms with van der Waals surface area (Å²) in [6.07, 6.45) is -5.62. The van der Waals surface area contributed by atoms with Crippen LogP contribution >= 0.6 is 0 Å². The van der Waals surface area contributed by atoms with E-state index in [0.717, 1.165) is 11.6 Å². The van der Waals surface area contributed by atoms with Crippen LogP contribution in [0.3, 0.4) is 0 Å². The second-order valence-electron chi connectivity index (χ2n) is 9.53. The normalized spacial score (nSPS) is 15.0. The smallest absolute Gasteiger partial charge is 0.419 e. The minimum Gasteiger partial charge on any atom is -0.466 e. The lowest BCUT2D eigenvalue weighted by Crippen LogP contribution is -2.50. The van der Waals surface area contributed by atoms with Gasteiger partial charge in [0.15, 0.2) is 0 Å². The number of carbonyl (C=O) groups is 1. The van der Waals surface area contributed by atoms with Crippen molar-refractivity contribution in [3.63, 3.8) is 0 Å². The summed E-state index contributed by atoms with van der Waals surface area (Å²) in [6.45, 7) is 11.9. The summed E-state index contributed by atoms with van der Waals surface area (Å²) in [5.74, 6) is -2.37. The Morgan fingerprint density at radius 2 is 1.54 bits per heavy atom. The zero-order chi connectivity index (χ0) is 26.9. The number of nitrogens with one attached hydrogen (secondary N) is 1. The predicted molar refractivity (Wildman–Crippen MR) is 131 cm³/mol. The molecule has 4 nitrogen and oxygen atoms in total. The molecule has 2 aromatic rings. The third-order valence-electron chi connectivity index (χ3n) is 5.34. The molecule has 1 N–H and O–H groups in total. The first-order valence-corrected chi connectivity index (χ1v) is 12.7. The van der Waals surface area contributed by atoms with Crippen molar-refractivity contribution in [2.75, 3.05) is 6.61 Å². The maximum atomic E-state index is 15.6. The van der Waals surface area contributed by atoms with Crippen LogP contribution < -0.4 is 4.72 Å². The zero-order valence-electron chi connectivity index (χ0n) is 20.9. The summed E-state index contributed by atoms with van der Waals surface area (Å²) in [4.78, 5) is 12.4. The summed E-state index contributed by atoms with van der Waals surface area (Å²) in [5.41, 5.74) is 1.01. The van der Waals surface area contributed by atoms with Gasteiger partial charge in [0.25, 0.3) is 0 Å². The van der Waals surface area contributed by atoms with Gasteiger partial charge in [-0.1, -0.05) is 17.7 Å². The molecule has 0 aliphatic rings. The second-order valence-corrected chi connectivity index (χ2v) is 12.3. The Bertz CT molecular complexity index is 1120. The first-order chi connectivity index (χ1) is 15.9. The fourth-order valence-electron chi connectivity index (χ4n) is 3.85. The van der Waals surface area contributed by atoms with Crippen LogP contribution in [0.2, 0.25) is 0 Å². The highest BCUT2D eigenvalue weighted by Crippen LogP contribution is 2.41. The molecule has 0 bridgehead atoms. The molecule has 0 unspecified atom stereocenters. The molecule has 0 aromatic heterocycles. The highest BCUT2D eigenvalue weighted by atomic mass is 32.2. The molecule has 2 atom stereocenters. The van der Waals surface area contributed by atoms with Crippen LogP contribution in [0.15, 0.2) is 24.3 Å². The van der Waals surface area contributed by atoms with Crippen LogP contribution in [0.5, 0.6) is 0 Å². The van der Waals surface area contributed by atoms with E-state index in [1.807, 2.05) is 19.1 Å². The topological polar surface area (TPSA) is 55.4 Å². The van der Waals surface area contributed by atoms with Gasteiger partial charge in [0.2, 0.25) is 0 Å². The van der Waals surface area contributed by atoms with Gasteiger partial charge in [-0.25, -0.2) is 13.3 Å². The number of aryl methyl sites for hydroxylation is 3. The minimum atomic E-state index is -5.01. The van der Waals surface area contributed by atoms with Crippen LogP contribution in [0.1, 0.15) is 61.9 Å². The second kappa shape index (κ2) is 10.5. The number of halogens is 4. The van der Waals surface area contributed by atoms with Crippen molar-refractivity contribution >= 4 is 27.2 Å². The van der Waals surface area contributed by atoms with Crippen molar-refractivity contribution in [2.45, 2.75) is 71.0 Å². The number of esters is 1. The fraction of sp³-hybridized carbons (Fsp3) is 0.480. The molecule has 10 heteroatoms. The third-order valence-corrected chi connectivity index (χ3v) is 7.74. The molecule has 2 rings (SSSR count). The molecule has 2 aromatic carbocycles. The highest BCUT2D eigenvalue weighted by molar-refractivity contribution is 7.84. The van der Waals surface area contributed by atoms with E-state index >= 15 is 4.39 Å². The van der Waals surface area contributed by atoms with Gasteiger partial charge >= 0.3 is 12.1 Å². The van der Waals surface area contributed by atoms with Crippen LogP contribution in [0, 0.1) is 26.6 Å². The van der Waals surface area contributed by atoms with E-state index in [1.54, 1.807) is 41.5 Å². The Morgan fingerprint density at radius 1 is 1.03 bits per heavy atom. The molecule has 0 fully saturated rings. The Hall–Kier alpha value is -2.04. The van der Waals surface area contributed by atoms with Gasteiger partial charge in [0, 0.05) is 5.56 Å². The summed E-state index contributed by atoms with van der Waals surface area (Å²) in [5, 5.41) is -1.95. The van der Waals surface area contributed by atoms with Gasteiger partial charge in [0.05, 0.1) is 49.7 Å². The van der Waals surface area contributed by atoms with Gasteiger partial charge in [-0.2, -0.15) is 13.2 Å². The van der Waals surface area contributed by atoms with Crippen molar-refractivity contribution in [1.29, 1.82) is 0 Å². The number of rotatable bonds is 7. The van der Waals surface area contributed by atoms with E-state index in [4.69, 9.17) is 4.74 Å². The number of carbonyl (C=O) groups excluding carboxylic acids is 1. The van der Waals surface area contributed by atoms with Gasteiger partial charge in [-0.05, 0) is 82.9 Å². The standard InChI is InChI=1S/C25H30F4NO3SSi/c1-8-33-20(31)13-24(35,30-34(32)23(5,6)7)18-11-17(12-19(22(18)26)25(27,28)29)21-15(3)9-14(2)10-16(21)4/h9-12,30H,8,13H2,1-7H3/t24-,34-/m0/s1. The molecule has 35 heavy (non-hydrogen) atoms. The van der Waals surface area contributed by atoms with Crippen LogP contribution in [-0.4, -0.2) is 31.8 Å². The lowest BCUT2D eigenvalue weighted by Gasteiger charge is -2.34. The summed E-state index contributed by atoms with van der Waals surface area (Å²) in [7, 11) is 1.44. The predicted octanol–water partition coefficient (Wildman–Crippen LogP) is 5.76. The van der Waals surface area contributed by atoms with Gasteiger partial charge < -0.3 is 4.74 Å². The summed E-state index contributed by atoms with van der Waals surface area (Å²) < 4.78 is 77.2. The molecule has 0 spiro atoms. The van der Waals surface area contributed by atoms with E-state index < -0.39 is 56.4 Å². The number of ether oxygens (including phenoxy) is 1. The van der Waals surface area contributed by atoms with E-state index in [1.165, 1.54) is 6.07 Å². The number of alkyl halides is 3. The Balaban J connectivity index is 2.90. The molecule has 191 valence electrons. The van der Waals surface area contributed by atoms with E-state index in [-0.39, 0.29) is 12.2 Å². The van der Waals surface area contributed by atoms with Crippen molar-refractivity contribution in [2.24, 2.45) is 0 Å². The molecule has 0 heterocycles. The monoisotopic (exact) mass is 528 g/mol. The largest absolute Gasteiger partial charge is 0.466 e. The van der Waals surface area contributed by atoms with E-state index in [9.17, 15) is 22.2 Å². The maximum Gasteiger partial charge on any atom is 0.419 e. The number of hydrogen-bond donors (Lipinski definition) is 1. The molecule has 0 aliphatic carbocycles. The number of benzene rings is 2. The quantitative estimate of drug-likeness (QED) is 0.282. The first kappa shape index (κ1) is 29.2. The lowest BCUT2D eigenvalue weighted by atomic mass is 9.89. The third kappa shape index (κ3) is 6.80. The molecule has 0 aliphatic heterocycles. The highest BCUT2D eigenvalue weighted by Gasteiger charge is 2.42. The van der Waals surface area contributed by atoms with Crippen LogP contribution in [0.25, 0.3) is 11.1 Å². The minimum absolute atomic E-state index is 0.0155. The molecular formula is C25H30F4NO3SSi. The summed E-state index contributed by atoms with van der Waals surface area (Å²) >= 11 is 0. The fourth-order valence-corrected chi connectivity index (χ4v) is 5.26. The van der Waals surface area contributed by atoms with Gasteiger partial charge in [0.1, 0.15) is 5.82 Å². The zero-order valence-corrected chi connectivity index (χ0v) is 22.7. The van der Waals surface area contributed by atoms with Crippen LogP contribution in [-0.2, 0) is 31.9 Å². The van der Waals surface area contributed by atoms with Crippen LogP contribution in [0.4, 0.5) is 17.6 Å². The Kier molecular flexibility index (Phi) is 8.77.